The molecule has 0 atom stereocenters. The highest BCUT2D eigenvalue weighted by Crippen LogP contribution is 2.27. The molecule has 0 amide bonds. The third-order valence-electron chi connectivity index (χ3n) is 5.45. The summed E-state index contributed by atoms with van der Waals surface area (Å²) in [7, 11) is 0. The Morgan fingerprint density at radius 1 is 0.707 bits per heavy atom. The Labute approximate surface area is 230 Å². The minimum Gasteiger partial charge on any atom is -0.508 e. The van der Waals surface area contributed by atoms with Crippen LogP contribution in [0.25, 0.3) is 0 Å². The summed E-state index contributed by atoms with van der Waals surface area (Å²) >= 11 is 0. The Bertz CT molecular complexity index is 1610. The number of phenolic OH excluding ortho intramolecular Hbond substituents is 1. The van der Waals surface area contributed by atoms with E-state index >= 15 is 0 Å². The number of nitro benzene ring substituents is 1. The number of benzene rings is 4. The van der Waals surface area contributed by atoms with Crippen LogP contribution in [0, 0.1) is 10.1 Å². The van der Waals surface area contributed by atoms with Gasteiger partial charge in [0, 0.05) is 12.1 Å². The standard InChI is InChI=1S/C28H19NO12/c30-18-3-1-16(24(14-18)26(31)32)15-38-41-22-10-8-20(9-11-22)39-19-4-6-21(7-5-19)40-28(35)23-12-2-17(29(36)37)13-25(23)27(33)34/h1-14,30H,15H2,(H,31,32)(H,33,34). The van der Waals surface area contributed by atoms with Gasteiger partial charge in [-0.25, -0.2) is 14.4 Å². The second-order valence-electron chi connectivity index (χ2n) is 8.22. The highest BCUT2D eigenvalue weighted by molar-refractivity contribution is 6.03. The molecule has 13 heteroatoms. The van der Waals surface area contributed by atoms with E-state index in [1.807, 2.05) is 0 Å². The number of aromatic hydroxyl groups is 1. The molecule has 0 fully saturated rings. The van der Waals surface area contributed by atoms with Crippen LogP contribution in [0.3, 0.4) is 0 Å². The van der Waals surface area contributed by atoms with E-state index in [2.05, 4.69) is 0 Å². The van der Waals surface area contributed by atoms with Gasteiger partial charge in [0.25, 0.3) is 5.69 Å². The Morgan fingerprint density at radius 2 is 1.29 bits per heavy atom. The lowest BCUT2D eigenvalue weighted by Gasteiger charge is -2.10. The quantitative estimate of drug-likeness (QED) is 0.0712. The predicted molar refractivity (Wildman–Crippen MR) is 138 cm³/mol. The first kappa shape index (κ1) is 28.1. The van der Waals surface area contributed by atoms with Crippen molar-refractivity contribution in [3.63, 3.8) is 0 Å². The Kier molecular flexibility index (Phi) is 8.40. The van der Waals surface area contributed by atoms with Crippen LogP contribution < -0.4 is 14.4 Å². The van der Waals surface area contributed by atoms with Crippen LogP contribution in [-0.4, -0.2) is 38.2 Å². The fourth-order valence-electron chi connectivity index (χ4n) is 3.49. The highest BCUT2D eigenvalue weighted by atomic mass is 17.2. The maximum absolute atomic E-state index is 12.5. The highest BCUT2D eigenvalue weighted by Gasteiger charge is 2.22. The number of rotatable bonds is 11. The van der Waals surface area contributed by atoms with Crippen molar-refractivity contribution < 1.29 is 53.9 Å². The Morgan fingerprint density at radius 3 is 1.88 bits per heavy atom. The largest absolute Gasteiger partial charge is 0.508 e. The van der Waals surface area contributed by atoms with E-state index in [0.29, 0.717) is 22.8 Å². The van der Waals surface area contributed by atoms with Gasteiger partial charge in [-0.1, -0.05) is 6.07 Å². The molecule has 3 N–H and O–H groups in total. The van der Waals surface area contributed by atoms with Crippen LogP contribution in [0.15, 0.2) is 84.9 Å². The van der Waals surface area contributed by atoms with Gasteiger partial charge in [-0.05, 0) is 72.3 Å². The van der Waals surface area contributed by atoms with Gasteiger partial charge in [-0.15, -0.1) is 0 Å². The molecule has 0 aromatic heterocycles. The summed E-state index contributed by atoms with van der Waals surface area (Å²) in [6.45, 7) is -0.182. The third kappa shape index (κ3) is 7.13. The van der Waals surface area contributed by atoms with Gasteiger partial charge in [0.2, 0.25) is 0 Å². The van der Waals surface area contributed by atoms with E-state index in [4.69, 9.17) is 19.2 Å². The van der Waals surface area contributed by atoms with E-state index in [0.717, 1.165) is 24.3 Å². The lowest BCUT2D eigenvalue weighted by atomic mass is 10.1. The van der Waals surface area contributed by atoms with E-state index in [9.17, 15) is 39.8 Å². The van der Waals surface area contributed by atoms with E-state index in [-0.39, 0.29) is 29.2 Å². The van der Waals surface area contributed by atoms with Crippen LogP contribution >= 0.6 is 0 Å². The van der Waals surface area contributed by atoms with Crippen LogP contribution in [0.1, 0.15) is 36.6 Å². The number of esters is 1. The summed E-state index contributed by atoms with van der Waals surface area (Å²) in [4.78, 5) is 55.7. The number of phenols is 1. The van der Waals surface area contributed by atoms with Crippen molar-refractivity contribution in [2.75, 3.05) is 0 Å². The van der Waals surface area contributed by atoms with E-state index in [1.54, 1.807) is 24.3 Å². The second kappa shape index (κ2) is 12.3. The van der Waals surface area contributed by atoms with Gasteiger partial charge in [0.05, 0.1) is 21.6 Å². The summed E-state index contributed by atoms with van der Waals surface area (Å²) in [5.74, 6) is -2.74. The van der Waals surface area contributed by atoms with Crippen LogP contribution in [0.2, 0.25) is 0 Å². The Balaban J connectivity index is 1.32. The zero-order valence-corrected chi connectivity index (χ0v) is 20.8. The average molecular weight is 561 g/mol. The molecule has 0 radical (unpaired) electrons. The lowest BCUT2D eigenvalue weighted by Crippen LogP contribution is -2.14. The minimum absolute atomic E-state index is 0.0811. The van der Waals surface area contributed by atoms with E-state index < -0.39 is 34.1 Å². The number of ether oxygens (including phenoxy) is 2. The zero-order chi connectivity index (χ0) is 29.5. The number of hydrogen-bond donors (Lipinski definition) is 3. The first-order chi connectivity index (χ1) is 19.6. The number of aromatic carboxylic acids is 2. The van der Waals surface area contributed by atoms with Gasteiger partial charge in [-0.3, -0.25) is 10.1 Å². The number of carbonyl (C=O) groups is 3. The summed E-state index contributed by atoms with van der Waals surface area (Å²) in [5, 5.41) is 38.9. The number of carboxylic acids is 2. The van der Waals surface area contributed by atoms with Crippen molar-refractivity contribution in [2.24, 2.45) is 0 Å². The lowest BCUT2D eigenvalue weighted by molar-refractivity contribution is -0.384. The molecule has 0 bridgehead atoms. The molecule has 4 aromatic carbocycles. The first-order valence-electron chi connectivity index (χ1n) is 11.6. The number of nitro groups is 1. The monoisotopic (exact) mass is 561 g/mol. The number of carbonyl (C=O) groups excluding carboxylic acids is 1. The predicted octanol–water partition coefficient (Wildman–Crippen LogP) is 5.22. The smallest absolute Gasteiger partial charge is 0.344 e. The third-order valence-corrected chi connectivity index (χ3v) is 5.45. The van der Waals surface area contributed by atoms with Crippen molar-refractivity contribution in [3.8, 4) is 28.7 Å². The number of carboxylic acid groups (broad SMARTS) is 2. The molecule has 0 saturated carbocycles. The maximum atomic E-state index is 12.5. The molecule has 4 aromatic rings. The zero-order valence-electron chi connectivity index (χ0n) is 20.8. The molecule has 0 unspecified atom stereocenters. The molecular weight excluding hydrogens is 542 g/mol. The summed E-state index contributed by atoms with van der Waals surface area (Å²) in [6, 6.07) is 18.7. The van der Waals surface area contributed by atoms with Crippen molar-refractivity contribution in [3.05, 3.63) is 117 Å². The van der Waals surface area contributed by atoms with Gasteiger partial charge in [0.1, 0.15) is 29.6 Å². The fraction of sp³-hybridized carbons (Fsp3) is 0.0357. The number of hydrogen-bond acceptors (Lipinski definition) is 10. The minimum atomic E-state index is -1.52. The van der Waals surface area contributed by atoms with Crippen molar-refractivity contribution in [1.82, 2.24) is 0 Å². The molecule has 208 valence electrons. The SMILES string of the molecule is O=C(O)c1cc(O)ccc1COOc1ccc(Oc2ccc(OC(=O)c3ccc([N+](=O)[O-])cc3C(=O)O)cc2)cc1. The molecule has 0 heterocycles. The summed E-state index contributed by atoms with van der Waals surface area (Å²) in [6.07, 6.45) is 0. The van der Waals surface area contributed by atoms with Crippen LogP contribution in [-0.2, 0) is 11.5 Å². The summed E-state index contributed by atoms with van der Waals surface area (Å²) in [5.41, 5.74) is -1.20. The molecule has 13 nitrogen and oxygen atoms in total. The van der Waals surface area contributed by atoms with Crippen molar-refractivity contribution in [1.29, 1.82) is 0 Å². The second-order valence-corrected chi connectivity index (χ2v) is 8.22. The normalized spacial score (nSPS) is 10.4. The Hall–Kier alpha value is -5.95. The first-order valence-corrected chi connectivity index (χ1v) is 11.6. The fourth-order valence-corrected chi connectivity index (χ4v) is 3.49. The molecule has 0 aliphatic carbocycles. The van der Waals surface area contributed by atoms with Crippen molar-refractivity contribution in [2.45, 2.75) is 6.61 Å². The van der Waals surface area contributed by atoms with Gasteiger partial charge < -0.3 is 29.7 Å². The number of nitrogens with zero attached hydrogens (tertiary/aromatic N) is 1. The van der Waals surface area contributed by atoms with Gasteiger partial charge >= 0.3 is 17.9 Å². The van der Waals surface area contributed by atoms with Gasteiger partial charge in [-0.2, -0.15) is 4.89 Å². The van der Waals surface area contributed by atoms with Crippen LogP contribution in [0.4, 0.5) is 5.69 Å². The molecular formula is C28H19NO12. The van der Waals surface area contributed by atoms with Gasteiger partial charge in [0.15, 0.2) is 5.75 Å². The molecule has 41 heavy (non-hydrogen) atoms. The van der Waals surface area contributed by atoms with Crippen molar-refractivity contribution >= 4 is 23.6 Å². The number of non-ortho nitro benzene ring substituents is 1. The maximum Gasteiger partial charge on any atom is 0.344 e. The molecule has 0 aliphatic rings. The molecule has 0 spiro atoms. The average Bonchev–Trinajstić information content (AvgIpc) is 2.95. The molecule has 4 rings (SSSR count). The molecule has 0 saturated heterocycles. The van der Waals surface area contributed by atoms with E-state index in [1.165, 1.54) is 36.4 Å². The van der Waals surface area contributed by atoms with Crippen LogP contribution in [0.5, 0.6) is 28.7 Å². The summed E-state index contributed by atoms with van der Waals surface area (Å²) < 4.78 is 10.9. The topological polar surface area (TPSA) is 192 Å². The molecule has 0 aliphatic heterocycles.